The first kappa shape index (κ1) is 18.6. The quantitative estimate of drug-likeness (QED) is 0.491. The van der Waals surface area contributed by atoms with E-state index >= 15 is 0 Å². The van der Waals surface area contributed by atoms with Crippen molar-refractivity contribution in [2.75, 3.05) is 15.8 Å². The largest absolute Gasteiger partial charge is 0.506 e. The van der Waals surface area contributed by atoms with Crippen LogP contribution in [-0.4, -0.2) is 19.4 Å². The first-order chi connectivity index (χ1) is 11.5. The molecular weight excluding hydrogens is 342 g/mol. The first-order valence-electron chi connectivity index (χ1n) is 7.52. The van der Waals surface area contributed by atoms with Gasteiger partial charge in [-0.1, -0.05) is 20.8 Å². The number of rotatable bonds is 4. The van der Waals surface area contributed by atoms with Crippen LogP contribution in [0.4, 0.5) is 17.1 Å². The lowest BCUT2D eigenvalue weighted by Crippen LogP contribution is -2.27. The number of carbonyl (C=O) groups excluding carboxylic acids is 1. The number of hydrogen-bond donors (Lipinski definition) is 4. The number of nitrogens with one attached hydrogen (secondary N) is 2. The van der Waals surface area contributed by atoms with E-state index in [1.807, 2.05) is 0 Å². The van der Waals surface area contributed by atoms with Crippen molar-refractivity contribution in [1.29, 1.82) is 0 Å². The number of benzene rings is 2. The van der Waals surface area contributed by atoms with Gasteiger partial charge in [0.15, 0.2) is 0 Å². The number of phenolic OH excluding ortho intramolecular Hbond substituents is 1. The van der Waals surface area contributed by atoms with Crippen molar-refractivity contribution >= 4 is 33.0 Å². The molecule has 0 spiro atoms. The van der Waals surface area contributed by atoms with Crippen LogP contribution in [0, 0.1) is 5.41 Å². The van der Waals surface area contributed by atoms with Gasteiger partial charge in [0.1, 0.15) is 5.75 Å². The Morgan fingerprint density at radius 1 is 1.08 bits per heavy atom. The average molecular weight is 363 g/mol. The Morgan fingerprint density at radius 2 is 1.68 bits per heavy atom. The molecule has 0 bridgehead atoms. The molecule has 0 fully saturated rings. The smallest absolute Gasteiger partial charge is 0.262 e. The summed E-state index contributed by atoms with van der Waals surface area (Å²) >= 11 is 0. The molecule has 0 saturated carbocycles. The third-order valence-corrected chi connectivity index (χ3v) is 4.75. The molecule has 2 aromatic rings. The molecule has 1 amide bonds. The fraction of sp³-hybridized carbons (Fsp3) is 0.235. The molecule has 7 nitrogen and oxygen atoms in total. The van der Waals surface area contributed by atoms with Gasteiger partial charge in [-0.2, -0.15) is 0 Å². The SMILES string of the molecule is CC(C)(C)C(=O)Nc1ccc(S(=O)(=O)Nc2ccc(N)cc2O)cc1. The summed E-state index contributed by atoms with van der Waals surface area (Å²) in [6.07, 6.45) is 0. The maximum absolute atomic E-state index is 12.4. The van der Waals surface area contributed by atoms with Gasteiger partial charge in [0.05, 0.1) is 10.6 Å². The van der Waals surface area contributed by atoms with Gasteiger partial charge in [0, 0.05) is 22.9 Å². The van der Waals surface area contributed by atoms with Crippen molar-refractivity contribution in [1.82, 2.24) is 0 Å². The molecule has 25 heavy (non-hydrogen) atoms. The van der Waals surface area contributed by atoms with E-state index < -0.39 is 15.4 Å². The Kier molecular flexibility index (Phi) is 4.94. The van der Waals surface area contributed by atoms with Gasteiger partial charge in [-0.25, -0.2) is 8.42 Å². The molecule has 0 aliphatic heterocycles. The number of nitrogens with two attached hydrogens (primary N) is 1. The van der Waals surface area contributed by atoms with Gasteiger partial charge in [-0.05, 0) is 36.4 Å². The predicted molar refractivity (Wildman–Crippen MR) is 97.9 cm³/mol. The molecule has 2 aromatic carbocycles. The number of carbonyl (C=O) groups is 1. The molecule has 0 radical (unpaired) electrons. The Bertz CT molecular complexity index is 885. The molecule has 0 atom stereocenters. The van der Waals surface area contributed by atoms with Crippen LogP contribution >= 0.6 is 0 Å². The Labute approximate surface area is 146 Å². The monoisotopic (exact) mass is 363 g/mol. The van der Waals surface area contributed by atoms with Gasteiger partial charge in [-0.3, -0.25) is 9.52 Å². The molecule has 0 aromatic heterocycles. The zero-order valence-electron chi connectivity index (χ0n) is 14.2. The van der Waals surface area contributed by atoms with Gasteiger partial charge in [0.2, 0.25) is 5.91 Å². The van der Waals surface area contributed by atoms with E-state index in [0.717, 1.165) is 0 Å². The van der Waals surface area contributed by atoms with E-state index in [9.17, 15) is 18.3 Å². The summed E-state index contributed by atoms with van der Waals surface area (Å²) in [6.45, 7) is 5.35. The minimum atomic E-state index is -3.89. The van der Waals surface area contributed by atoms with Crippen molar-refractivity contribution in [2.45, 2.75) is 25.7 Å². The number of aromatic hydroxyl groups is 1. The van der Waals surface area contributed by atoms with Crippen molar-refractivity contribution in [3.8, 4) is 5.75 Å². The number of sulfonamides is 1. The highest BCUT2D eigenvalue weighted by atomic mass is 32.2. The second-order valence-corrected chi connectivity index (χ2v) is 8.29. The molecule has 0 saturated heterocycles. The maximum Gasteiger partial charge on any atom is 0.262 e. The summed E-state index contributed by atoms with van der Waals surface area (Å²) < 4.78 is 27.1. The topological polar surface area (TPSA) is 122 Å². The van der Waals surface area contributed by atoms with Crippen molar-refractivity contribution in [3.05, 3.63) is 42.5 Å². The highest BCUT2D eigenvalue weighted by Gasteiger charge is 2.21. The van der Waals surface area contributed by atoms with E-state index in [2.05, 4.69) is 10.0 Å². The van der Waals surface area contributed by atoms with E-state index in [-0.39, 0.29) is 22.2 Å². The summed E-state index contributed by atoms with van der Waals surface area (Å²) in [5.41, 5.74) is 5.80. The predicted octanol–water partition coefficient (Wildman–Crippen LogP) is 2.76. The van der Waals surface area contributed by atoms with Crippen LogP contribution in [0.25, 0.3) is 0 Å². The molecule has 0 aliphatic rings. The second kappa shape index (κ2) is 6.64. The van der Waals surface area contributed by atoms with Gasteiger partial charge < -0.3 is 16.2 Å². The summed E-state index contributed by atoms with van der Waals surface area (Å²) in [5, 5.41) is 12.5. The normalized spacial score (nSPS) is 11.8. The number of hydrogen-bond acceptors (Lipinski definition) is 5. The molecular formula is C17H21N3O4S. The Hall–Kier alpha value is -2.74. The van der Waals surface area contributed by atoms with E-state index in [1.165, 1.54) is 42.5 Å². The van der Waals surface area contributed by atoms with Gasteiger partial charge >= 0.3 is 0 Å². The van der Waals surface area contributed by atoms with Crippen molar-refractivity contribution in [3.63, 3.8) is 0 Å². The van der Waals surface area contributed by atoms with E-state index in [1.54, 1.807) is 20.8 Å². The molecule has 134 valence electrons. The summed E-state index contributed by atoms with van der Waals surface area (Å²) in [6, 6.07) is 9.85. The number of nitrogen functional groups attached to an aromatic ring is 1. The van der Waals surface area contributed by atoms with Crippen molar-refractivity contribution < 1.29 is 18.3 Å². The highest BCUT2D eigenvalue weighted by molar-refractivity contribution is 7.92. The lowest BCUT2D eigenvalue weighted by molar-refractivity contribution is -0.123. The highest BCUT2D eigenvalue weighted by Crippen LogP contribution is 2.28. The standard InChI is InChI=1S/C17H21N3O4S/c1-17(2,3)16(22)19-12-5-7-13(8-6-12)25(23,24)20-14-9-4-11(18)10-15(14)21/h4-10,20-21H,18H2,1-3H3,(H,19,22). The van der Waals surface area contributed by atoms with Crippen LogP contribution in [0.2, 0.25) is 0 Å². The maximum atomic E-state index is 12.4. The lowest BCUT2D eigenvalue weighted by atomic mass is 9.95. The Balaban J connectivity index is 2.19. The minimum Gasteiger partial charge on any atom is -0.506 e. The van der Waals surface area contributed by atoms with Crippen LogP contribution < -0.4 is 15.8 Å². The number of amides is 1. The van der Waals surface area contributed by atoms with Crippen LogP contribution in [0.1, 0.15) is 20.8 Å². The second-order valence-electron chi connectivity index (χ2n) is 6.61. The minimum absolute atomic E-state index is 0.00233. The first-order valence-corrected chi connectivity index (χ1v) is 9.00. The molecule has 8 heteroatoms. The Morgan fingerprint density at radius 3 is 2.20 bits per heavy atom. The van der Waals surface area contributed by atoms with E-state index in [0.29, 0.717) is 11.4 Å². The van der Waals surface area contributed by atoms with Crippen LogP contribution in [0.5, 0.6) is 5.75 Å². The number of anilines is 3. The fourth-order valence-corrected chi connectivity index (χ4v) is 2.95. The van der Waals surface area contributed by atoms with Crippen LogP contribution in [0.15, 0.2) is 47.4 Å². The van der Waals surface area contributed by atoms with Crippen molar-refractivity contribution in [2.24, 2.45) is 5.41 Å². The molecule has 0 unspecified atom stereocenters. The van der Waals surface area contributed by atoms with Crippen LogP contribution in [-0.2, 0) is 14.8 Å². The zero-order chi connectivity index (χ0) is 18.8. The molecule has 5 N–H and O–H groups in total. The molecule has 0 heterocycles. The summed E-state index contributed by atoms with van der Waals surface area (Å²) in [4.78, 5) is 11.9. The average Bonchev–Trinajstić information content (AvgIpc) is 2.49. The molecule has 2 rings (SSSR count). The zero-order valence-corrected chi connectivity index (χ0v) is 15.0. The van der Waals surface area contributed by atoms with Crippen LogP contribution in [0.3, 0.4) is 0 Å². The van der Waals surface area contributed by atoms with E-state index in [4.69, 9.17) is 5.73 Å². The third-order valence-electron chi connectivity index (χ3n) is 3.37. The number of phenols is 1. The summed E-state index contributed by atoms with van der Waals surface area (Å²) in [7, 11) is -3.89. The molecule has 0 aliphatic carbocycles. The fourth-order valence-electron chi connectivity index (χ4n) is 1.87. The van der Waals surface area contributed by atoms with Gasteiger partial charge in [0.25, 0.3) is 10.0 Å². The lowest BCUT2D eigenvalue weighted by Gasteiger charge is -2.17. The van der Waals surface area contributed by atoms with Gasteiger partial charge in [-0.15, -0.1) is 0 Å². The summed E-state index contributed by atoms with van der Waals surface area (Å²) in [5.74, 6) is -0.439. The third kappa shape index (κ3) is 4.63.